The van der Waals surface area contributed by atoms with E-state index in [2.05, 4.69) is 10.5 Å². The van der Waals surface area contributed by atoms with E-state index in [-0.39, 0.29) is 11.6 Å². The lowest BCUT2D eigenvalue weighted by Crippen LogP contribution is -2.29. The van der Waals surface area contributed by atoms with Crippen molar-refractivity contribution in [2.24, 2.45) is 5.16 Å². The predicted octanol–water partition coefficient (Wildman–Crippen LogP) is 4.72. The maximum Gasteiger partial charge on any atom is 0.273 e. The van der Waals surface area contributed by atoms with Gasteiger partial charge in [0.1, 0.15) is 19.5 Å². The number of hydrogen-bond acceptors (Lipinski definition) is 4. The molecule has 0 fully saturated rings. The van der Waals surface area contributed by atoms with Gasteiger partial charge in [-0.3, -0.25) is 4.79 Å². The third-order valence-electron chi connectivity index (χ3n) is 3.28. The second kappa shape index (κ2) is 14.4. The van der Waals surface area contributed by atoms with Crippen LogP contribution in [-0.2, 0) is 16.2 Å². The molecule has 0 saturated carbocycles. The summed E-state index contributed by atoms with van der Waals surface area (Å²) in [6.07, 6.45) is 0. The monoisotopic (exact) mass is 372 g/mol. The van der Waals surface area contributed by atoms with Gasteiger partial charge < -0.3 is 14.9 Å². The fourth-order valence-corrected chi connectivity index (χ4v) is 2.17. The Bertz CT molecular complexity index is 698. The zero-order valence-electron chi connectivity index (χ0n) is 17.5. The fraction of sp³-hybridized carbons (Fsp3) is 0.364. The molecule has 5 heteroatoms. The number of hydrogen-bond donors (Lipinski definition) is 1. The summed E-state index contributed by atoms with van der Waals surface area (Å²) in [5, 5.41) is 6.43. The van der Waals surface area contributed by atoms with Crippen molar-refractivity contribution in [3.63, 3.8) is 0 Å². The van der Waals surface area contributed by atoms with Gasteiger partial charge in [-0.05, 0) is 24.6 Å². The number of aryl methyl sites for hydroxylation is 1. The number of nitrogens with zero attached hydrogens (tertiary/aromatic N) is 1. The van der Waals surface area contributed by atoms with Crippen molar-refractivity contribution in [1.82, 2.24) is 5.32 Å². The van der Waals surface area contributed by atoms with Crippen LogP contribution in [0.5, 0.6) is 5.75 Å². The number of benzene rings is 2. The fourth-order valence-electron chi connectivity index (χ4n) is 2.17. The summed E-state index contributed by atoms with van der Waals surface area (Å²) >= 11 is 0. The van der Waals surface area contributed by atoms with Crippen molar-refractivity contribution in [3.05, 3.63) is 65.2 Å². The Labute approximate surface area is 163 Å². The number of para-hydroxylation sites is 1. The van der Waals surface area contributed by atoms with Crippen molar-refractivity contribution >= 4 is 11.6 Å². The van der Waals surface area contributed by atoms with Crippen LogP contribution in [0.4, 0.5) is 0 Å². The van der Waals surface area contributed by atoms with Crippen LogP contribution in [0.15, 0.2) is 53.7 Å². The minimum atomic E-state index is -0.309. The number of amides is 1. The Kier molecular flexibility index (Phi) is 12.9. The van der Waals surface area contributed by atoms with Gasteiger partial charge in [0.25, 0.3) is 5.91 Å². The molecule has 0 aliphatic heterocycles. The van der Waals surface area contributed by atoms with Gasteiger partial charge in [0.2, 0.25) is 0 Å². The van der Waals surface area contributed by atoms with Gasteiger partial charge in [0.05, 0.1) is 0 Å². The Balaban J connectivity index is 0.00000158. The predicted molar refractivity (Wildman–Crippen MR) is 112 cm³/mol. The second-order valence-electron chi connectivity index (χ2n) is 4.96. The number of carbonyl (C=O) groups is 1. The van der Waals surface area contributed by atoms with E-state index in [9.17, 15) is 4.79 Å². The van der Waals surface area contributed by atoms with E-state index in [1.165, 1.54) is 7.11 Å². The molecule has 2 rings (SSSR count). The summed E-state index contributed by atoms with van der Waals surface area (Å²) in [7, 11) is 2.97. The lowest BCUT2D eigenvalue weighted by atomic mass is 10.0. The topological polar surface area (TPSA) is 59.9 Å². The molecule has 1 N–H and O–H groups in total. The lowest BCUT2D eigenvalue weighted by Gasteiger charge is -2.13. The number of carbonyl (C=O) groups excluding carboxylic acids is 1. The Hall–Kier alpha value is -2.82. The molecule has 0 aromatic heterocycles. The van der Waals surface area contributed by atoms with Gasteiger partial charge in [-0.2, -0.15) is 0 Å². The van der Waals surface area contributed by atoms with Crippen LogP contribution in [0.3, 0.4) is 0 Å². The molecular weight excluding hydrogens is 340 g/mol. The van der Waals surface area contributed by atoms with Crippen LogP contribution in [0.1, 0.15) is 44.4 Å². The summed E-state index contributed by atoms with van der Waals surface area (Å²) in [4.78, 5) is 16.9. The first-order valence-corrected chi connectivity index (χ1v) is 9.26. The van der Waals surface area contributed by atoms with Gasteiger partial charge in [-0.25, -0.2) is 0 Å². The SMILES string of the molecule is CC.CC.CNC(=O)/C(=N\OC)c1ccc(C)cc1COc1ccccc1. The highest BCUT2D eigenvalue weighted by Gasteiger charge is 2.18. The van der Waals surface area contributed by atoms with Crippen molar-refractivity contribution < 1.29 is 14.4 Å². The highest BCUT2D eigenvalue weighted by molar-refractivity contribution is 6.45. The number of ether oxygens (including phenoxy) is 1. The zero-order chi connectivity index (χ0) is 20.7. The first kappa shape index (κ1) is 24.2. The molecule has 148 valence electrons. The number of nitrogens with one attached hydrogen (secondary N) is 1. The summed E-state index contributed by atoms with van der Waals surface area (Å²) in [6, 6.07) is 15.3. The van der Waals surface area contributed by atoms with Crippen LogP contribution in [0.25, 0.3) is 0 Å². The van der Waals surface area contributed by atoms with Crippen LogP contribution in [0, 0.1) is 6.92 Å². The van der Waals surface area contributed by atoms with Crippen LogP contribution in [0.2, 0.25) is 0 Å². The lowest BCUT2D eigenvalue weighted by molar-refractivity contribution is -0.114. The molecule has 2 aromatic carbocycles. The first-order chi connectivity index (χ1) is 13.2. The summed E-state index contributed by atoms with van der Waals surface area (Å²) in [6.45, 7) is 10.3. The van der Waals surface area contributed by atoms with Crippen molar-refractivity contribution in [3.8, 4) is 5.75 Å². The van der Waals surface area contributed by atoms with Gasteiger partial charge in [0.15, 0.2) is 5.71 Å². The zero-order valence-corrected chi connectivity index (χ0v) is 17.5. The van der Waals surface area contributed by atoms with E-state index in [0.717, 1.165) is 16.9 Å². The van der Waals surface area contributed by atoms with E-state index < -0.39 is 0 Å². The molecule has 2 aromatic rings. The normalized spacial score (nSPS) is 9.81. The van der Waals surface area contributed by atoms with E-state index >= 15 is 0 Å². The molecule has 27 heavy (non-hydrogen) atoms. The molecule has 0 saturated heterocycles. The van der Waals surface area contributed by atoms with Crippen LogP contribution in [-0.4, -0.2) is 25.8 Å². The van der Waals surface area contributed by atoms with Gasteiger partial charge >= 0.3 is 0 Å². The summed E-state index contributed by atoms with van der Waals surface area (Å²) in [5.41, 5.74) is 2.86. The Morgan fingerprint density at radius 2 is 1.67 bits per heavy atom. The summed E-state index contributed by atoms with van der Waals surface area (Å²) in [5.74, 6) is 0.460. The third kappa shape index (κ3) is 7.94. The van der Waals surface area contributed by atoms with Crippen LogP contribution < -0.4 is 10.1 Å². The van der Waals surface area contributed by atoms with Gasteiger partial charge in [-0.1, -0.05) is 74.8 Å². The molecular formula is C22H32N2O3. The van der Waals surface area contributed by atoms with E-state index in [1.807, 2.05) is 83.1 Å². The summed E-state index contributed by atoms with van der Waals surface area (Å²) < 4.78 is 5.80. The van der Waals surface area contributed by atoms with Crippen molar-refractivity contribution in [2.75, 3.05) is 14.2 Å². The molecule has 0 heterocycles. The molecule has 0 spiro atoms. The molecule has 5 nitrogen and oxygen atoms in total. The van der Waals surface area contributed by atoms with E-state index in [1.54, 1.807) is 7.05 Å². The van der Waals surface area contributed by atoms with Crippen LogP contribution >= 0.6 is 0 Å². The number of oxime groups is 1. The first-order valence-electron chi connectivity index (χ1n) is 9.26. The molecule has 0 aliphatic rings. The second-order valence-corrected chi connectivity index (χ2v) is 4.96. The standard InChI is InChI=1S/C18H20N2O3.2C2H6/c1-13-9-10-16(17(20-22-3)18(21)19-2)14(11-13)12-23-15-7-5-4-6-8-15;2*1-2/h4-11H,12H2,1-3H3,(H,19,21);2*1-2H3/b20-17-;;. The molecule has 0 radical (unpaired) electrons. The molecule has 0 atom stereocenters. The molecule has 0 aliphatic carbocycles. The average Bonchev–Trinajstić information content (AvgIpc) is 2.74. The van der Waals surface area contributed by atoms with Gasteiger partial charge in [0, 0.05) is 12.6 Å². The minimum absolute atomic E-state index is 0.224. The Morgan fingerprint density at radius 3 is 2.22 bits per heavy atom. The average molecular weight is 373 g/mol. The van der Waals surface area contributed by atoms with E-state index in [4.69, 9.17) is 9.57 Å². The number of likely N-dealkylation sites (N-methyl/N-ethyl adjacent to an activating group) is 1. The van der Waals surface area contributed by atoms with Crippen molar-refractivity contribution in [2.45, 2.75) is 41.2 Å². The maximum atomic E-state index is 12.1. The highest BCUT2D eigenvalue weighted by atomic mass is 16.6. The highest BCUT2D eigenvalue weighted by Crippen LogP contribution is 2.17. The Morgan fingerprint density at radius 1 is 1.04 bits per heavy atom. The molecule has 1 amide bonds. The quantitative estimate of drug-likeness (QED) is 0.589. The number of rotatable bonds is 6. The third-order valence-corrected chi connectivity index (χ3v) is 3.28. The molecule has 0 bridgehead atoms. The minimum Gasteiger partial charge on any atom is -0.489 e. The largest absolute Gasteiger partial charge is 0.489 e. The van der Waals surface area contributed by atoms with E-state index in [0.29, 0.717) is 12.2 Å². The smallest absolute Gasteiger partial charge is 0.273 e. The van der Waals surface area contributed by atoms with Gasteiger partial charge in [-0.15, -0.1) is 0 Å². The molecule has 0 unspecified atom stereocenters. The maximum absolute atomic E-state index is 12.1. The van der Waals surface area contributed by atoms with Crippen molar-refractivity contribution in [1.29, 1.82) is 0 Å².